The summed E-state index contributed by atoms with van der Waals surface area (Å²) in [6.07, 6.45) is 0. The van der Waals surface area contributed by atoms with Gasteiger partial charge in [0.05, 0.1) is 23.6 Å². The largest absolute Gasteiger partial charge is 0.315 e. The molecule has 2 aromatic rings. The Labute approximate surface area is 165 Å². The highest BCUT2D eigenvalue weighted by Crippen LogP contribution is 2.36. The van der Waals surface area contributed by atoms with Gasteiger partial charge >= 0.3 is 0 Å². The molecule has 0 bridgehead atoms. The molecule has 2 heterocycles. The Morgan fingerprint density at radius 2 is 1.78 bits per heavy atom. The molecule has 1 saturated heterocycles. The second kappa shape index (κ2) is 6.99. The average molecular weight is 401 g/mol. The Hall–Kier alpha value is -1.79. The number of sulfone groups is 1. The predicted molar refractivity (Wildman–Crippen MR) is 115 cm³/mol. The predicted octanol–water partition coefficient (Wildman–Crippen LogP) is 3.89. The van der Waals surface area contributed by atoms with Crippen molar-refractivity contribution in [3.8, 4) is 0 Å². The Morgan fingerprint density at radius 1 is 1.04 bits per heavy atom. The summed E-state index contributed by atoms with van der Waals surface area (Å²) in [5.74, 6) is 1.17. The van der Waals surface area contributed by atoms with Crippen molar-refractivity contribution in [2.24, 2.45) is 4.99 Å². The minimum atomic E-state index is -3.02. The number of aliphatic imine (C=N–C) groups is 1. The molecule has 2 aliphatic rings. The first-order valence-corrected chi connectivity index (χ1v) is 12.0. The summed E-state index contributed by atoms with van der Waals surface area (Å²) in [4.78, 5) is 6.97. The number of anilines is 1. The summed E-state index contributed by atoms with van der Waals surface area (Å²) in [6.45, 7) is 6.27. The van der Waals surface area contributed by atoms with Crippen molar-refractivity contribution in [3.63, 3.8) is 0 Å². The molecule has 142 valence electrons. The maximum absolute atomic E-state index is 12.2. The molecule has 2 atom stereocenters. The van der Waals surface area contributed by atoms with Crippen molar-refractivity contribution in [1.29, 1.82) is 0 Å². The second-order valence-corrected chi connectivity index (χ2v) is 10.6. The monoisotopic (exact) mass is 400 g/mol. The number of hydrogen-bond acceptors (Lipinski definition) is 5. The highest BCUT2D eigenvalue weighted by molar-refractivity contribution is 8.13. The molecule has 27 heavy (non-hydrogen) atoms. The van der Waals surface area contributed by atoms with E-state index in [9.17, 15) is 8.42 Å². The van der Waals surface area contributed by atoms with Gasteiger partial charge in [-0.15, -0.1) is 0 Å². The van der Waals surface area contributed by atoms with Gasteiger partial charge in [-0.05, 0) is 49.6 Å². The van der Waals surface area contributed by atoms with Crippen molar-refractivity contribution >= 4 is 32.5 Å². The molecule has 2 aromatic carbocycles. The highest BCUT2D eigenvalue weighted by Gasteiger charge is 2.47. The van der Waals surface area contributed by atoms with Gasteiger partial charge in [-0.25, -0.2) is 8.42 Å². The van der Waals surface area contributed by atoms with E-state index in [1.165, 1.54) is 22.3 Å². The summed E-state index contributed by atoms with van der Waals surface area (Å²) < 4.78 is 24.3. The summed E-state index contributed by atoms with van der Waals surface area (Å²) >= 11 is 1.69. The molecular formula is C21H24N2O2S2. The molecule has 4 rings (SSSR count). The van der Waals surface area contributed by atoms with Crippen LogP contribution in [0.15, 0.2) is 47.5 Å². The smallest absolute Gasteiger partial charge is 0.164 e. The van der Waals surface area contributed by atoms with E-state index in [-0.39, 0.29) is 23.6 Å². The molecule has 0 amide bonds. The minimum Gasteiger partial charge on any atom is -0.315 e. The molecule has 0 radical (unpaired) electrons. The van der Waals surface area contributed by atoms with E-state index < -0.39 is 9.84 Å². The second-order valence-electron chi connectivity index (χ2n) is 7.54. The van der Waals surface area contributed by atoms with Crippen molar-refractivity contribution in [2.45, 2.75) is 38.6 Å². The van der Waals surface area contributed by atoms with E-state index in [0.29, 0.717) is 0 Å². The first-order chi connectivity index (χ1) is 12.8. The van der Waals surface area contributed by atoms with Crippen LogP contribution in [0.1, 0.15) is 22.3 Å². The quantitative estimate of drug-likeness (QED) is 0.784. The van der Waals surface area contributed by atoms with Gasteiger partial charge in [0, 0.05) is 11.4 Å². The SMILES string of the molecule is Cc1ccc(CSC2=N[C@H]3CS(=O)(=O)C[C@H]3N2c2ccc(C)c(C)c2)cc1. The molecule has 2 aliphatic heterocycles. The maximum atomic E-state index is 12.2. The zero-order chi connectivity index (χ0) is 19.2. The lowest BCUT2D eigenvalue weighted by Gasteiger charge is -2.27. The Bertz CT molecular complexity index is 997. The number of hydrogen-bond donors (Lipinski definition) is 0. The van der Waals surface area contributed by atoms with Gasteiger partial charge in [0.1, 0.15) is 0 Å². The number of aryl methyl sites for hydroxylation is 3. The lowest BCUT2D eigenvalue weighted by atomic mass is 10.1. The number of rotatable bonds is 3. The number of nitrogens with zero attached hydrogens (tertiary/aromatic N) is 2. The van der Waals surface area contributed by atoms with Crippen molar-refractivity contribution in [3.05, 3.63) is 64.7 Å². The Kier molecular flexibility index (Phi) is 4.80. The average Bonchev–Trinajstić information content (AvgIpc) is 3.08. The standard InChI is InChI=1S/C21H24N2O2S2/c1-14-4-7-17(8-5-14)11-26-21-22-19-12-27(24,25)13-20(19)23(21)18-9-6-15(2)16(3)10-18/h4-10,19-20H,11-13H2,1-3H3/t19-,20+/m0/s1. The van der Waals surface area contributed by atoms with E-state index in [1.54, 1.807) is 11.8 Å². The first-order valence-electron chi connectivity index (χ1n) is 9.15. The van der Waals surface area contributed by atoms with Gasteiger partial charge < -0.3 is 4.90 Å². The molecule has 0 aromatic heterocycles. The van der Waals surface area contributed by atoms with E-state index in [4.69, 9.17) is 4.99 Å². The molecule has 0 aliphatic carbocycles. The lowest BCUT2D eigenvalue weighted by molar-refractivity contribution is 0.601. The fraction of sp³-hybridized carbons (Fsp3) is 0.381. The van der Waals surface area contributed by atoms with E-state index in [2.05, 4.69) is 68.1 Å². The van der Waals surface area contributed by atoms with Gasteiger partial charge in [-0.3, -0.25) is 4.99 Å². The van der Waals surface area contributed by atoms with Crippen molar-refractivity contribution in [1.82, 2.24) is 0 Å². The molecule has 1 fully saturated rings. The highest BCUT2D eigenvalue weighted by atomic mass is 32.2. The normalized spacial score (nSPS) is 23.4. The molecule has 6 heteroatoms. The van der Waals surface area contributed by atoms with Crippen LogP contribution in [0.3, 0.4) is 0 Å². The van der Waals surface area contributed by atoms with Crippen LogP contribution in [0, 0.1) is 20.8 Å². The number of fused-ring (bicyclic) bond motifs is 1. The van der Waals surface area contributed by atoms with Crippen LogP contribution in [0.2, 0.25) is 0 Å². The van der Waals surface area contributed by atoms with Crippen LogP contribution in [0.4, 0.5) is 5.69 Å². The van der Waals surface area contributed by atoms with Gasteiger partial charge in [0.15, 0.2) is 15.0 Å². The van der Waals surface area contributed by atoms with Gasteiger partial charge in [-0.2, -0.15) is 0 Å². The third-order valence-corrected chi connectivity index (χ3v) is 8.10. The first kappa shape index (κ1) is 18.6. The Balaban J connectivity index is 1.63. The van der Waals surface area contributed by atoms with Crippen molar-refractivity contribution in [2.75, 3.05) is 16.4 Å². The molecule has 0 saturated carbocycles. The minimum absolute atomic E-state index is 0.0855. The number of amidine groups is 1. The zero-order valence-electron chi connectivity index (χ0n) is 15.8. The van der Waals surface area contributed by atoms with Crippen LogP contribution in [-0.4, -0.2) is 37.2 Å². The molecule has 0 spiro atoms. The summed E-state index contributed by atoms with van der Waals surface area (Å²) in [5.41, 5.74) is 5.98. The van der Waals surface area contributed by atoms with Gasteiger partial charge in [0.2, 0.25) is 0 Å². The van der Waals surface area contributed by atoms with E-state index >= 15 is 0 Å². The summed E-state index contributed by atoms with van der Waals surface area (Å²) in [7, 11) is -3.02. The molecule has 4 nitrogen and oxygen atoms in total. The van der Waals surface area contributed by atoms with Crippen LogP contribution in [-0.2, 0) is 15.6 Å². The third kappa shape index (κ3) is 3.78. The zero-order valence-corrected chi connectivity index (χ0v) is 17.5. The van der Waals surface area contributed by atoms with E-state index in [1.807, 2.05) is 0 Å². The number of benzene rings is 2. The summed E-state index contributed by atoms with van der Waals surface area (Å²) in [6, 6.07) is 14.6. The lowest BCUT2D eigenvalue weighted by Crippen LogP contribution is -2.39. The third-order valence-electron chi connectivity index (χ3n) is 5.36. The van der Waals surface area contributed by atoms with Crippen LogP contribution in [0.5, 0.6) is 0 Å². The van der Waals surface area contributed by atoms with Gasteiger partial charge in [0.25, 0.3) is 0 Å². The van der Waals surface area contributed by atoms with E-state index in [0.717, 1.165) is 16.6 Å². The fourth-order valence-corrected chi connectivity index (χ4v) is 6.57. The van der Waals surface area contributed by atoms with Crippen LogP contribution < -0.4 is 4.90 Å². The molecule has 0 unspecified atom stereocenters. The Morgan fingerprint density at radius 3 is 2.48 bits per heavy atom. The maximum Gasteiger partial charge on any atom is 0.164 e. The molecular weight excluding hydrogens is 376 g/mol. The fourth-order valence-electron chi connectivity index (χ4n) is 3.64. The topological polar surface area (TPSA) is 49.7 Å². The van der Waals surface area contributed by atoms with Gasteiger partial charge in [-0.1, -0.05) is 47.7 Å². The van der Waals surface area contributed by atoms with Crippen LogP contribution >= 0.6 is 11.8 Å². The number of thioether (sulfide) groups is 1. The van der Waals surface area contributed by atoms with Crippen LogP contribution in [0.25, 0.3) is 0 Å². The summed E-state index contributed by atoms with van der Waals surface area (Å²) in [5, 5.41) is 0.934. The van der Waals surface area contributed by atoms with Crippen molar-refractivity contribution < 1.29 is 8.42 Å². The molecule has 0 N–H and O–H groups in total.